The molecule has 2 heterocycles. The topological polar surface area (TPSA) is 79.7 Å². The van der Waals surface area contributed by atoms with Crippen LogP contribution in [-0.2, 0) is 16.6 Å². The number of aromatic nitrogens is 1. The fraction of sp³-hybridized carbons (Fsp3) is 0.520. The molecule has 0 saturated carbocycles. The summed E-state index contributed by atoms with van der Waals surface area (Å²) in [7, 11) is -3.72. The predicted octanol–water partition coefficient (Wildman–Crippen LogP) is 3.87. The summed E-state index contributed by atoms with van der Waals surface area (Å²) in [6.45, 7) is 12.4. The molecule has 1 aliphatic heterocycles. The highest BCUT2D eigenvalue weighted by atomic mass is 32.2. The molecule has 180 valence electrons. The Hall–Kier alpha value is -2.45. The third kappa shape index (κ3) is 5.22. The standard InChI is InChI=1S/C25H35N3O4S/c1-5-12-26(13-6-2)25(30)22-18-27(14-7-3)23-9-8-20(17-21(23)24(22)29)33(31,32)28-15-10-19(4)11-16-28/h7-9,17-19H,3,5-6,10-16H2,1-2,4H3. The Morgan fingerprint density at radius 1 is 1.18 bits per heavy atom. The van der Waals surface area contributed by atoms with Crippen molar-refractivity contribution in [2.24, 2.45) is 5.92 Å². The molecule has 0 spiro atoms. The maximum absolute atomic E-state index is 13.4. The summed E-state index contributed by atoms with van der Waals surface area (Å²) in [6, 6.07) is 4.64. The third-order valence-corrected chi connectivity index (χ3v) is 8.16. The summed E-state index contributed by atoms with van der Waals surface area (Å²) in [5, 5.41) is 0.238. The summed E-state index contributed by atoms with van der Waals surface area (Å²) >= 11 is 0. The van der Waals surface area contributed by atoms with E-state index in [-0.39, 0.29) is 21.8 Å². The lowest BCUT2D eigenvalue weighted by Gasteiger charge is -2.29. The number of allylic oxidation sites excluding steroid dienone is 1. The van der Waals surface area contributed by atoms with E-state index in [1.165, 1.54) is 10.4 Å². The summed E-state index contributed by atoms with van der Waals surface area (Å²) in [5.41, 5.74) is 0.213. The predicted molar refractivity (Wildman–Crippen MR) is 132 cm³/mol. The molecule has 2 aromatic rings. The largest absolute Gasteiger partial charge is 0.343 e. The highest BCUT2D eigenvalue weighted by Crippen LogP contribution is 2.25. The molecule has 33 heavy (non-hydrogen) atoms. The molecule has 1 amide bonds. The number of nitrogens with zero attached hydrogens (tertiary/aromatic N) is 3. The summed E-state index contributed by atoms with van der Waals surface area (Å²) in [6.07, 6.45) is 6.49. The Balaban J connectivity index is 2.14. The van der Waals surface area contributed by atoms with E-state index >= 15 is 0 Å². The van der Waals surface area contributed by atoms with Crippen LogP contribution in [0.5, 0.6) is 0 Å². The molecular weight excluding hydrogens is 438 g/mol. The van der Waals surface area contributed by atoms with Gasteiger partial charge in [0.05, 0.1) is 10.4 Å². The van der Waals surface area contributed by atoms with Crippen molar-refractivity contribution in [3.8, 4) is 0 Å². The Kier molecular flexibility index (Phi) is 8.13. The molecule has 0 radical (unpaired) electrons. The minimum Gasteiger partial charge on any atom is -0.343 e. The molecule has 0 unspecified atom stereocenters. The maximum atomic E-state index is 13.4. The van der Waals surface area contributed by atoms with E-state index in [9.17, 15) is 18.0 Å². The molecule has 1 saturated heterocycles. The molecule has 1 aromatic heterocycles. The fourth-order valence-electron chi connectivity index (χ4n) is 4.38. The fourth-order valence-corrected chi connectivity index (χ4v) is 5.88. The number of hydrogen-bond donors (Lipinski definition) is 0. The monoisotopic (exact) mass is 473 g/mol. The van der Waals surface area contributed by atoms with Gasteiger partial charge in [-0.05, 0) is 49.8 Å². The van der Waals surface area contributed by atoms with Crippen LogP contribution < -0.4 is 5.43 Å². The Morgan fingerprint density at radius 3 is 2.39 bits per heavy atom. The summed E-state index contributed by atoms with van der Waals surface area (Å²) in [5.74, 6) is 0.184. The average Bonchev–Trinajstić information content (AvgIpc) is 2.80. The Labute approximate surface area is 196 Å². The minimum atomic E-state index is -3.72. The molecule has 0 atom stereocenters. The van der Waals surface area contributed by atoms with Crippen LogP contribution in [0.2, 0.25) is 0 Å². The number of sulfonamides is 1. The normalized spacial score (nSPS) is 15.6. The second kappa shape index (κ2) is 10.7. The van der Waals surface area contributed by atoms with Gasteiger partial charge in [0.2, 0.25) is 15.5 Å². The average molecular weight is 474 g/mol. The van der Waals surface area contributed by atoms with E-state index in [0.29, 0.717) is 44.2 Å². The van der Waals surface area contributed by atoms with E-state index in [2.05, 4.69) is 13.5 Å². The van der Waals surface area contributed by atoms with Gasteiger partial charge in [0.15, 0.2) is 0 Å². The van der Waals surface area contributed by atoms with Crippen LogP contribution in [0.3, 0.4) is 0 Å². The van der Waals surface area contributed by atoms with Gasteiger partial charge in [0, 0.05) is 44.3 Å². The van der Waals surface area contributed by atoms with Crippen LogP contribution in [0.4, 0.5) is 0 Å². The lowest BCUT2D eigenvalue weighted by atomic mass is 10.0. The maximum Gasteiger partial charge on any atom is 0.259 e. The van der Waals surface area contributed by atoms with Crippen LogP contribution in [0.1, 0.15) is 56.8 Å². The molecule has 8 heteroatoms. The zero-order valence-corrected chi connectivity index (χ0v) is 20.7. The minimum absolute atomic E-state index is 0.0626. The van der Waals surface area contributed by atoms with Gasteiger partial charge in [-0.15, -0.1) is 6.58 Å². The zero-order chi connectivity index (χ0) is 24.2. The van der Waals surface area contributed by atoms with Crippen molar-refractivity contribution in [1.29, 1.82) is 0 Å². The van der Waals surface area contributed by atoms with Gasteiger partial charge in [-0.3, -0.25) is 9.59 Å². The van der Waals surface area contributed by atoms with Crippen LogP contribution >= 0.6 is 0 Å². The van der Waals surface area contributed by atoms with Crippen LogP contribution in [0.25, 0.3) is 10.9 Å². The summed E-state index contributed by atoms with van der Waals surface area (Å²) < 4.78 is 29.8. The first kappa shape index (κ1) is 25.2. The highest BCUT2D eigenvalue weighted by molar-refractivity contribution is 7.89. The van der Waals surface area contributed by atoms with Gasteiger partial charge in [0.1, 0.15) is 5.56 Å². The molecule has 3 rings (SSSR count). The lowest BCUT2D eigenvalue weighted by Crippen LogP contribution is -2.38. The van der Waals surface area contributed by atoms with Crippen molar-refractivity contribution in [3.05, 3.63) is 52.8 Å². The van der Waals surface area contributed by atoms with Crippen molar-refractivity contribution >= 4 is 26.8 Å². The Bertz CT molecular complexity index is 1170. The molecule has 0 aliphatic carbocycles. The molecule has 0 N–H and O–H groups in total. The van der Waals surface area contributed by atoms with Gasteiger partial charge in [-0.2, -0.15) is 4.31 Å². The first-order chi connectivity index (χ1) is 15.7. The number of fused-ring (bicyclic) bond motifs is 1. The lowest BCUT2D eigenvalue weighted by molar-refractivity contribution is 0.0753. The number of amides is 1. The number of rotatable bonds is 9. The number of benzene rings is 1. The second-order valence-corrected chi connectivity index (χ2v) is 10.8. The molecular formula is C25H35N3O4S. The van der Waals surface area contributed by atoms with Crippen LogP contribution in [0, 0.1) is 5.92 Å². The third-order valence-electron chi connectivity index (χ3n) is 6.26. The summed E-state index contributed by atoms with van der Waals surface area (Å²) in [4.78, 5) is 28.5. The number of carbonyl (C=O) groups is 1. The van der Waals surface area contributed by atoms with Crippen molar-refractivity contribution in [3.63, 3.8) is 0 Å². The molecule has 1 aliphatic rings. The van der Waals surface area contributed by atoms with E-state index < -0.39 is 15.5 Å². The number of piperidine rings is 1. The van der Waals surface area contributed by atoms with Crippen LogP contribution in [-0.4, -0.2) is 54.3 Å². The van der Waals surface area contributed by atoms with E-state index in [4.69, 9.17) is 0 Å². The van der Waals surface area contributed by atoms with E-state index in [0.717, 1.165) is 25.7 Å². The second-order valence-electron chi connectivity index (χ2n) is 8.87. The zero-order valence-electron chi connectivity index (χ0n) is 19.9. The quantitative estimate of drug-likeness (QED) is 0.518. The van der Waals surface area contributed by atoms with Crippen molar-refractivity contribution in [2.45, 2.75) is 57.9 Å². The molecule has 0 bridgehead atoms. The Morgan fingerprint density at radius 2 is 1.82 bits per heavy atom. The van der Waals surface area contributed by atoms with Crippen molar-refractivity contribution < 1.29 is 13.2 Å². The van der Waals surface area contributed by atoms with Gasteiger partial charge >= 0.3 is 0 Å². The van der Waals surface area contributed by atoms with E-state index in [1.807, 2.05) is 13.8 Å². The van der Waals surface area contributed by atoms with Crippen molar-refractivity contribution in [1.82, 2.24) is 13.8 Å². The van der Waals surface area contributed by atoms with Crippen molar-refractivity contribution in [2.75, 3.05) is 26.2 Å². The molecule has 1 aromatic carbocycles. The van der Waals surface area contributed by atoms with Gasteiger partial charge < -0.3 is 9.47 Å². The van der Waals surface area contributed by atoms with Gasteiger partial charge in [0.25, 0.3) is 5.91 Å². The smallest absolute Gasteiger partial charge is 0.259 e. The van der Waals surface area contributed by atoms with E-state index in [1.54, 1.807) is 33.9 Å². The number of carbonyl (C=O) groups excluding carboxylic acids is 1. The van der Waals surface area contributed by atoms with Crippen LogP contribution in [0.15, 0.2) is 46.7 Å². The first-order valence-electron chi connectivity index (χ1n) is 11.8. The molecule has 7 nitrogen and oxygen atoms in total. The van der Waals surface area contributed by atoms with Gasteiger partial charge in [-0.1, -0.05) is 26.8 Å². The SMILES string of the molecule is C=CCn1cc(C(=O)N(CCC)CCC)c(=O)c2cc(S(=O)(=O)N3CCC(C)CC3)ccc21. The number of pyridine rings is 1. The highest BCUT2D eigenvalue weighted by Gasteiger charge is 2.29. The number of hydrogen-bond acceptors (Lipinski definition) is 4. The van der Waals surface area contributed by atoms with Gasteiger partial charge in [-0.25, -0.2) is 8.42 Å². The first-order valence-corrected chi connectivity index (χ1v) is 13.3. The molecule has 1 fully saturated rings.